The number of benzene rings is 2. The molecule has 2 N–H and O–H groups in total. The van der Waals surface area contributed by atoms with Crippen LogP contribution in [0, 0.1) is 0 Å². The number of rotatable bonds is 6. The van der Waals surface area contributed by atoms with E-state index in [0.717, 1.165) is 0 Å². The van der Waals surface area contributed by atoms with Crippen molar-refractivity contribution in [2.45, 2.75) is 0 Å². The van der Waals surface area contributed by atoms with Crippen LogP contribution < -0.4 is 10.6 Å². The van der Waals surface area contributed by atoms with E-state index in [0.29, 0.717) is 35.0 Å². The smallest absolute Gasteiger partial charge is 0.257 e. The van der Waals surface area contributed by atoms with E-state index in [-0.39, 0.29) is 16.8 Å². The van der Waals surface area contributed by atoms with Gasteiger partial charge in [0.2, 0.25) is 0 Å². The van der Waals surface area contributed by atoms with Gasteiger partial charge in [-0.25, -0.2) is 0 Å². The number of nitrogens with one attached hydrogen (secondary N) is 2. The van der Waals surface area contributed by atoms with Crippen LogP contribution in [0.25, 0.3) is 0 Å². The van der Waals surface area contributed by atoms with Crippen molar-refractivity contribution in [3.63, 3.8) is 0 Å². The third-order valence-electron chi connectivity index (χ3n) is 3.18. The lowest BCUT2D eigenvalue weighted by molar-refractivity contribution is 0.0937. The molecule has 0 radical (unpaired) electrons. The van der Waals surface area contributed by atoms with Crippen molar-refractivity contribution in [2.24, 2.45) is 0 Å². The molecule has 0 fully saturated rings. The first-order chi connectivity index (χ1) is 11.5. The fourth-order valence-corrected chi connectivity index (χ4v) is 2.47. The third kappa shape index (κ3) is 4.71. The van der Waals surface area contributed by atoms with Crippen molar-refractivity contribution in [2.75, 3.05) is 25.6 Å². The molecule has 0 aliphatic carbocycles. The quantitative estimate of drug-likeness (QED) is 0.767. The summed E-state index contributed by atoms with van der Waals surface area (Å²) in [6, 6.07) is 11.4. The first-order valence-electron chi connectivity index (χ1n) is 7.15. The second kappa shape index (κ2) is 8.68. The molecule has 0 spiro atoms. The topological polar surface area (TPSA) is 67.4 Å². The molecule has 0 aliphatic heterocycles. The standard InChI is InChI=1S/C17H16Cl2N2O3/c1-24-9-8-20-16(22)13-7-6-11(10-15(13)19)21-17(23)12-4-2-3-5-14(12)18/h2-7,10H,8-9H2,1H3,(H,20,22)(H,21,23). The molecule has 0 unspecified atom stereocenters. The molecule has 0 aliphatic rings. The van der Waals surface area contributed by atoms with Crippen LogP contribution in [0.4, 0.5) is 5.69 Å². The molecule has 0 heterocycles. The van der Waals surface area contributed by atoms with E-state index in [2.05, 4.69) is 10.6 Å². The normalized spacial score (nSPS) is 10.3. The highest BCUT2D eigenvalue weighted by Crippen LogP contribution is 2.22. The van der Waals surface area contributed by atoms with E-state index >= 15 is 0 Å². The van der Waals surface area contributed by atoms with Gasteiger partial charge < -0.3 is 15.4 Å². The SMILES string of the molecule is COCCNC(=O)c1ccc(NC(=O)c2ccccc2Cl)cc1Cl. The Hall–Kier alpha value is -2.08. The number of carbonyl (C=O) groups excluding carboxylic acids is 2. The number of ether oxygens (including phenoxy) is 1. The van der Waals surface area contributed by atoms with Gasteiger partial charge in [0.1, 0.15) is 0 Å². The Morgan fingerprint density at radius 3 is 2.38 bits per heavy atom. The molecular weight excluding hydrogens is 351 g/mol. The second-order valence-electron chi connectivity index (χ2n) is 4.88. The van der Waals surface area contributed by atoms with E-state index in [1.807, 2.05) is 0 Å². The Labute approximate surface area is 149 Å². The van der Waals surface area contributed by atoms with Crippen LogP contribution in [0.1, 0.15) is 20.7 Å². The number of anilines is 1. The van der Waals surface area contributed by atoms with Crippen molar-refractivity contribution in [3.05, 3.63) is 63.6 Å². The first-order valence-corrected chi connectivity index (χ1v) is 7.91. The van der Waals surface area contributed by atoms with Crippen LogP contribution in [0.5, 0.6) is 0 Å². The van der Waals surface area contributed by atoms with Gasteiger partial charge in [0.25, 0.3) is 11.8 Å². The zero-order chi connectivity index (χ0) is 17.5. The molecule has 0 aromatic heterocycles. The number of methoxy groups -OCH3 is 1. The first kappa shape index (κ1) is 18.3. The number of halogens is 2. The van der Waals surface area contributed by atoms with Crippen LogP contribution in [-0.4, -0.2) is 32.1 Å². The fourth-order valence-electron chi connectivity index (χ4n) is 1.98. The summed E-state index contributed by atoms with van der Waals surface area (Å²) in [5.74, 6) is -0.657. The number of hydrogen-bond acceptors (Lipinski definition) is 3. The summed E-state index contributed by atoms with van der Waals surface area (Å²) in [6.07, 6.45) is 0. The number of amides is 2. The van der Waals surface area contributed by atoms with E-state index in [9.17, 15) is 9.59 Å². The van der Waals surface area contributed by atoms with Crippen molar-refractivity contribution >= 4 is 40.7 Å². The summed E-state index contributed by atoms with van der Waals surface area (Å²) in [5, 5.41) is 5.97. The van der Waals surface area contributed by atoms with Gasteiger partial charge in [0.05, 0.1) is 27.8 Å². The Morgan fingerprint density at radius 1 is 1.00 bits per heavy atom. The molecule has 0 atom stereocenters. The highest BCUT2D eigenvalue weighted by molar-refractivity contribution is 6.35. The molecule has 2 amide bonds. The lowest BCUT2D eigenvalue weighted by Crippen LogP contribution is -2.27. The molecule has 2 aromatic carbocycles. The van der Waals surface area contributed by atoms with Crippen molar-refractivity contribution < 1.29 is 14.3 Å². The summed E-state index contributed by atoms with van der Waals surface area (Å²) in [6.45, 7) is 0.798. The second-order valence-corrected chi connectivity index (χ2v) is 5.69. The lowest BCUT2D eigenvalue weighted by Gasteiger charge is -2.10. The largest absolute Gasteiger partial charge is 0.383 e. The van der Waals surface area contributed by atoms with Gasteiger partial charge in [-0.15, -0.1) is 0 Å². The van der Waals surface area contributed by atoms with Crippen LogP contribution in [0.3, 0.4) is 0 Å². The van der Waals surface area contributed by atoms with Crippen LogP contribution in [0.15, 0.2) is 42.5 Å². The summed E-state index contributed by atoms with van der Waals surface area (Å²) in [5.41, 5.74) is 1.15. The molecule has 0 saturated carbocycles. The molecule has 0 saturated heterocycles. The van der Waals surface area contributed by atoms with Gasteiger partial charge in [-0.2, -0.15) is 0 Å². The van der Waals surface area contributed by atoms with Gasteiger partial charge in [0.15, 0.2) is 0 Å². The minimum absolute atomic E-state index is 0.238. The summed E-state index contributed by atoms with van der Waals surface area (Å²) >= 11 is 12.1. The molecule has 2 aromatic rings. The Kier molecular flexibility index (Phi) is 6.61. The molecule has 5 nitrogen and oxygen atoms in total. The third-order valence-corrected chi connectivity index (χ3v) is 3.82. The average molecular weight is 367 g/mol. The maximum Gasteiger partial charge on any atom is 0.257 e. The summed E-state index contributed by atoms with van der Waals surface area (Å²) < 4.78 is 4.87. The predicted molar refractivity (Wildman–Crippen MR) is 95.1 cm³/mol. The van der Waals surface area contributed by atoms with Crippen molar-refractivity contribution in [1.29, 1.82) is 0 Å². The number of hydrogen-bond donors (Lipinski definition) is 2. The highest BCUT2D eigenvalue weighted by Gasteiger charge is 2.13. The number of carbonyl (C=O) groups is 2. The van der Waals surface area contributed by atoms with Gasteiger partial charge >= 0.3 is 0 Å². The van der Waals surface area contributed by atoms with E-state index in [4.69, 9.17) is 27.9 Å². The van der Waals surface area contributed by atoms with Gasteiger partial charge in [0, 0.05) is 19.3 Å². The van der Waals surface area contributed by atoms with Gasteiger partial charge in [-0.1, -0.05) is 35.3 Å². The highest BCUT2D eigenvalue weighted by atomic mass is 35.5. The minimum Gasteiger partial charge on any atom is -0.383 e. The van der Waals surface area contributed by atoms with Crippen LogP contribution in [0.2, 0.25) is 10.0 Å². The van der Waals surface area contributed by atoms with E-state index in [1.165, 1.54) is 6.07 Å². The molecular formula is C17H16Cl2N2O3. The van der Waals surface area contributed by atoms with Crippen LogP contribution in [-0.2, 0) is 4.74 Å². The minimum atomic E-state index is -0.353. The van der Waals surface area contributed by atoms with E-state index in [1.54, 1.807) is 43.5 Å². The predicted octanol–water partition coefficient (Wildman–Crippen LogP) is 3.62. The van der Waals surface area contributed by atoms with Crippen molar-refractivity contribution in [1.82, 2.24) is 5.32 Å². The maximum atomic E-state index is 12.2. The average Bonchev–Trinajstić information content (AvgIpc) is 2.55. The summed E-state index contributed by atoms with van der Waals surface area (Å²) in [4.78, 5) is 24.2. The fraction of sp³-hybridized carbons (Fsp3) is 0.176. The molecule has 126 valence electrons. The monoisotopic (exact) mass is 366 g/mol. The van der Waals surface area contributed by atoms with Crippen LogP contribution >= 0.6 is 23.2 Å². The lowest BCUT2D eigenvalue weighted by atomic mass is 10.1. The van der Waals surface area contributed by atoms with Gasteiger partial charge in [-0.05, 0) is 30.3 Å². The molecule has 0 bridgehead atoms. The zero-order valence-electron chi connectivity index (χ0n) is 12.9. The van der Waals surface area contributed by atoms with Crippen molar-refractivity contribution in [3.8, 4) is 0 Å². The zero-order valence-corrected chi connectivity index (χ0v) is 14.4. The molecule has 7 heteroatoms. The molecule has 24 heavy (non-hydrogen) atoms. The molecule has 2 rings (SSSR count). The Balaban J connectivity index is 2.08. The Bertz CT molecular complexity index is 750. The van der Waals surface area contributed by atoms with E-state index < -0.39 is 0 Å². The summed E-state index contributed by atoms with van der Waals surface area (Å²) in [7, 11) is 1.55. The Morgan fingerprint density at radius 2 is 1.71 bits per heavy atom. The van der Waals surface area contributed by atoms with Gasteiger partial charge in [-0.3, -0.25) is 9.59 Å². The maximum absolute atomic E-state index is 12.2.